The van der Waals surface area contributed by atoms with Gasteiger partial charge in [0.1, 0.15) is 10.9 Å². The summed E-state index contributed by atoms with van der Waals surface area (Å²) < 4.78 is 27.9. The molecule has 0 aliphatic carbocycles. The zero-order valence-electron chi connectivity index (χ0n) is 16.2. The second-order valence-corrected chi connectivity index (χ2v) is 9.72. The minimum absolute atomic E-state index is 0.147. The highest BCUT2D eigenvalue weighted by atomic mass is 32.2. The summed E-state index contributed by atoms with van der Waals surface area (Å²) in [6.45, 7) is 4.91. The van der Waals surface area contributed by atoms with Crippen molar-refractivity contribution in [1.82, 2.24) is 19.3 Å². The lowest BCUT2D eigenvalue weighted by molar-refractivity contribution is 0.580. The van der Waals surface area contributed by atoms with Crippen LogP contribution in [0.5, 0.6) is 0 Å². The largest absolute Gasteiger partial charge is 0.317 e. The monoisotopic (exact) mass is 416 g/mol. The zero-order chi connectivity index (χ0) is 20.1. The van der Waals surface area contributed by atoms with Crippen molar-refractivity contribution in [2.75, 3.05) is 6.26 Å². The van der Waals surface area contributed by atoms with E-state index in [9.17, 15) is 8.42 Å². The van der Waals surface area contributed by atoms with Crippen molar-refractivity contribution in [1.29, 1.82) is 0 Å². The Kier molecular flexibility index (Phi) is 6.53. The second-order valence-electron chi connectivity index (χ2n) is 6.83. The second kappa shape index (κ2) is 8.89. The van der Waals surface area contributed by atoms with Crippen molar-refractivity contribution < 1.29 is 8.42 Å². The smallest absolute Gasteiger partial charge is 0.209 e. The van der Waals surface area contributed by atoms with Crippen LogP contribution in [0.3, 0.4) is 0 Å². The maximum atomic E-state index is 11.6. The number of pyridine rings is 1. The van der Waals surface area contributed by atoms with E-state index in [0.29, 0.717) is 12.4 Å². The first kappa shape index (κ1) is 20.6. The molecule has 148 valence electrons. The molecular formula is C20H24N4O2S2. The SMILES string of the molecule is CC(C)c1nc(CNS(C)(=O)=O)n(Cc2cccnc2)c1Sc1ccccc1. The summed E-state index contributed by atoms with van der Waals surface area (Å²) in [6, 6.07) is 14.0. The number of benzene rings is 1. The third kappa shape index (κ3) is 5.43. The molecule has 2 aromatic heterocycles. The zero-order valence-corrected chi connectivity index (χ0v) is 17.8. The fourth-order valence-electron chi connectivity index (χ4n) is 2.75. The highest BCUT2D eigenvalue weighted by Crippen LogP contribution is 2.35. The maximum absolute atomic E-state index is 11.6. The van der Waals surface area contributed by atoms with E-state index in [4.69, 9.17) is 4.98 Å². The number of hydrogen-bond donors (Lipinski definition) is 1. The Morgan fingerprint density at radius 3 is 2.50 bits per heavy atom. The van der Waals surface area contributed by atoms with E-state index in [1.807, 2.05) is 36.5 Å². The third-order valence-electron chi connectivity index (χ3n) is 4.09. The van der Waals surface area contributed by atoms with Gasteiger partial charge in [0, 0.05) is 17.3 Å². The molecule has 28 heavy (non-hydrogen) atoms. The molecule has 0 spiro atoms. The lowest BCUT2D eigenvalue weighted by atomic mass is 10.1. The van der Waals surface area contributed by atoms with Crippen LogP contribution in [0.15, 0.2) is 64.8 Å². The van der Waals surface area contributed by atoms with E-state index < -0.39 is 10.0 Å². The fraction of sp³-hybridized carbons (Fsp3) is 0.300. The first-order chi connectivity index (χ1) is 13.3. The summed E-state index contributed by atoms with van der Waals surface area (Å²) in [5.74, 6) is 0.898. The first-order valence-electron chi connectivity index (χ1n) is 8.99. The molecule has 0 aliphatic heterocycles. The summed E-state index contributed by atoms with van der Waals surface area (Å²) in [6.07, 6.45) is 4.72. The maximum Gasteiger partial charge on any atom is 0.209 e. The highest BCUT2D eigenvalue weighted by molar-refractivity contribution is 7.99. The lowest BCUT2D eigenvalue weighted by Crippen LogP contribution is -2.23. The van der Waals surface area contributed by atoms with Crippen molar-refractivity contribution >= 4 is 21.8 Å². The molecule has 0 unspecified atom stereocenters. The average molecular weight is 417 g/mol. The third-order valence-corrected chi connectivity index (χ3v) is 5.89. The minimum Gasteiger partial charge on any atom is -0.317 e. The molecule has 1 aromatic carbocycles. The van der Waals surface area contributed by atoms with Crippen LogP contribution in [0, 0.1) is 0 Å². The van der Waals surface area contributed by atoms with E-state index in [0.717, 1.165) is 27.4 Å². The predicted molar refractivity (Wildman–Crippen MR) is 112 cm³/mol. The van der Waals surface area contributed by atoms with Crippen molar-refractivity contribution in [3.63, 3.8) is 0 Å². The summed E-state index contributed by atoms with van der Waals surface area (Å²) in [7, 11) is -3.32. The van der Waals surface area contributed by atoms with Crippen molar-refractivity contribution in [2.45, 2.75) is 42.8 Å². The van der Waals surface area contributed by atoms with Crippen LogP contribution < -0.4 is 4.72 Å². The van der Waals surface area contributed by atoms with E-state index >= 15 is 0 Å². The quantitative estimate of drug-likeness (QED) is 0.606. The van der Waals surface area contributed by atoms with E-state index in [-0.39, 0.29) is 12.5 Å². The molecule has 0 bridgehead atoms. The van der Waals surface area contributed by atoms with Crippen molar-refractivity contribution in [2.24, 2.45) is 0 Å². The van der Waals surface area contributed by atoms with Gasteiger partial charge < -0.3 is 4.57 Å². The van der Waals surface area contributed by atoms with Crippen molar-refractivity contribution in [3.05, 3.63) is 71.9 Å². The average Bonchev–Trinajstić information content (AvgIpc) is 2.99. The lowest BCUT2D eigenvalue weighted by Gasteiger charge is -2.13. The Morgan fingerprint density at radius 1 is 1.14 bits per heavy atom. The number of nitrogens with one attached hydrogen (secondary N) is 1. The van der Waals surface area contributed by atoms with E-state index in [1.165, 1.54) is 0 Å². The Balaban J connectivity index is 2.06. The molecule has 3 aromatic rings. The summed E-state index contributed by atoms with van der Waals surface area (Å²) in [5.41, 5.74) is 1.99. The van der Waals surface area contributed by atoms with Crippen LogP contribution in [-0.2, 0) is 23.1 Å². The van der Waals surface area contributed by atoms with Crippen LogP contribution in [0.1, 0.15) is 36.8 Å². The van der Waals surface area contributed by atoms with Gasteiger partial charge in [-0.25, -0.2) is 18.1 Å². The van der Waals surface area contributed by atoms with Crippen LogP contribution >= 0.6 is 11.8 Å². The fourth-order valence-corrected chi connectivity index (χ4v) is 4.33. The molecule has 0 aliphatic rings. The van der Waals surface area contributed by atoms with Gasteiger partial charge in [-0.15, -0.1) is 0 Å². The first-order valence-corrected chi connectivity index (χ1v) is 11.7. The number of aromatic nitrogens is 3. The number of hydrogen-bond acceptors (Lipinski definition) is 5. The number of imidazole rings is 1. The molecule has 0 radical (unpaired) electrons. The van der Waals surface area contributed by atoms with Gasteiger partial charge in [-0.2, -0.15) is 0 Å². The topological polar surface area (TPSA) is 76.9 Å². The molecule has 1 N–H and O–H groups in total. The standard InChI is InChI=1S/C20H24N4O2S2/c1-15(2)19-20(27-17-9-5-4-6-10-17)24(14-16-8-7-11-21-12-16)18(23-19)13-22-28(3,25)26/h4-12,15,22H,13-14H2,1-3H3. The number of rotatable bonds is 8. The molecular weight excluding hydrogens is 392 g/mol. The Hall–Kier alpha value is -2.16. The van der Waals surface area contributed by atoms with Gasteiger partial charge in [0.05, 0.1) is 25.0 Å². The molecule has 2 heterocycles. The Bertz CT molecular complexity index is 1020. The van der Waals surface area contributed by atoms with Crippen LogP contribution in [0.4, 0.5) is 0 Å². The highest BCUT2D eigenvalue weighted by Gasteiger charge is 2.21. The van der Waals surface area contributed by atoms with Gasteiger partial charge in [0.2, 0.25) is 10.0 Å². The Labute approximate surface area is 170 Å². The van der Waals surface area contributed by atoms with E-state index in [1.54, 1.807) is 18.0 Å². The van der Waals surface area contributed by atoms with Gasteiger partial charge >= 0.3 is 0 Å². The number of nitrogens with zero attached hydrogens (tertiary/aromatic N) is 3. The van der Waals surface area contributed by atoms with Gasteiger partial charge in [-0.05, 0) is 29.7 Å². The predicted octanol–water partition coefficient (Wildman–Crippen LogP) is 3.65. The van der Waals surface area contributed by atoms with Crippen LogP contribution in [0.2, 0.25) is 0 Å². The van der Waals surface area contributed by atoms with Crippen LogP contribution in [0.25, 0.3) is 0 Å². The molecule has 3 rings (SSSR count). The molecule has 0 amide bonds. The van der Waals surface area contributed by atoms with Gasteiger partial charge in [0.25, 0.3) is 0 Å². The summed E-state index contributed by atoms with van der Waals surface area (Å²) in [4.78, 5) is 10.1. The summed E-state index contributed by atoms with van der Waals surface area (Å²) in [5, 5.41) is 1.02. The molecule has 6 nitrogen and oxygen atoms in total. The molecule has 0 atom stereocenters. The molecule has 8 heteroatoms. The van der Waals surface area contributed by atoms with Gasteiger partial charge in [-0.3, -0.25) is 4.98 Å². The normalized spacial score (nSPS) is 11.9. The molecule has 0 fully saturated rings. The van der Waals surface area contributed by atoms with Gasteiger partial charge in [-0.1, -0.05) is 49.9 Å². The molecule has 0 saturated carbocycles. The number of sulfonamides is 1. The van der Waals surface area contributed by atoms with Gasteiger partial charge in [0.15, 0.2) is 0 Å². The minimum atomic E-state index is -3.32. The molecule has 0 saturated heterocycles. The van der Waals surface area contributed by atoms with Crippen molar-refractivity contribution in [3.8, 4) is 0 Å². The van der Waals surface area contributed by atoms with Crippen LogP contribution in [-0.4, -0.2) is 29.2 Å². The summed E-state index contributed by atoms with van der Waals surface area (Å²) >= 11 is 1.65. The Morgan fingerprint density at radius 2 is 1.89 bits per heavy atom. The van der Waals surface area contributed by atoms with E-state index in [2.05, 4.69) is 40.3 Å².